The van der Waals surface area contributed by atoms with E-state index in [1.807, 2.05) is 12.1 Å². The molecule has 0 fully saturated rings. The molecule has 0 spiro atoms. The third kappa shape index (κ3) is 2.19. The van der Waals surface area contributed by atoms with Gasteiger partial charge in [-0.2, -0.15) is 0 Å². The number of carbonyl (C=O) groups is 1. The molecule has 0 aliphatic rings. The van der Waals surface area contributed by atoms with Crippen molar-refractivity contribution in [1.82, 2.24) is 9.97 Å². The van der Waals surface area contributed by atoms with Crippen LogP contribution in [0.4, 0.5) is 0 Å². The number of thiazole rings is 1. The normalized spacial score (nSPS) is 10.1. The Morgan fingerprint density at radius 3 is 2.80 bits per heavy atom. The van der Waals surface area contributed by atoms with Crippen LogP contribution < -0.4 is 0 Å². The number of pyridine rings is 1. The smallest absolute Gasteiger partial charge is 0.309 e. The van der Waals surface area contributed by atoms with Crippen molar-refractivity contribution in [3.05, 3.63) is 35.7 Å². The molecule has 0 aliphatic carbocycles. The molecule has 0 saturated carbocycles. The standard InChI is InChI=1S/C10H8N2O2S/c13-9(14)5-8-10(15-6-12-8)7-1-3-11-4-2-7/h1-4,6H,5H2,(H,13,14). The molecule has 0 unspecified atom stereocenters. The van der Waals surface area contributed by atoms with Crippen LogP contribution in [0.3, 0.4) is 0 Å². The van der Waals surface area contributed by atoms with Gasteiger partial charge in [-0.05, 0) is 17.7 Å². The Morgan fingerprint density at radius 2 is 2.13 bits per heavy atom. The number of carboxylic acid groups (broad SMARTS) is 1. The molecule has 0 saturated heterocycles. The van der Waals surface area contributed by atoms with Crippen LogP contribution in [-0.4, -0.2) is 21.0 Å². The topological polar surface area (TPSA) is 63.1 Å². The van der Waals surface area contributed by atoms with Crippen molar-refractivity contribution in [3.8, 4) is 10.4 Å². The molecule has 0 atom stereocenters. The van der Waals surface area contributed by atoms with Crippen LogP contribution in [0.2, 0.25) is 0 Å². The number of hydrogen-bond donors (Lipinski definition) is 1. The molecule has 0 aromatic carbocycles. The lowest BCUT2D eigenvalue weighted by Crippen LogP contribution is -2.01. The molecule has 2 heterocycles. The van der Waals surface area contributed by atoms with E-state index in [0.717, 1.165) is 10.4 Å². The zero-order valence-corrected chi connectivity index (χ0v) is 8.57. The van der Waals surface area contributed by atoms with Gasteiger partial charge in [0.05, 0.1) is 22.5 Å². The van der Waals surface area contributed by atoms with Crippen molar-refractivity contribution in [2.45, 2.75) is 6.42 Å². The fourth-order valence-electron chi connectivity index (χ4n) is 1.28. The van der Waals surface area contributed by atoms with Gasteiger partial charge in [-0.15, -0.1) is 11.3 Å². The van der Waals surface area contributed by atoms with Crippen molar-refractivity contribution in [2.24, 2.45) is 0 Å². The summed E-state index contributed by atoms with van der Waals surface area (Å²) in [6.07, 6.45) is 3.32. The highest BCUT2D eigenvalue weighted by Crippen LogP contribution is 2.27. The van der Waals surface area contributed by atoms with E-state index in [1.165, 1.54) is 11.3 Å². The molecule has 2 aromatic rings. The van der Waals surface area contributed by atoms with Crippen molar-refractivity contribution in [3.63, 3.8) is 0 Å². The largest absolute Gasteiger partial charge is 0.481 e. The lowest BCUT2D eigenvalue weighted by atomic mass is 10.1. The SMILES string of the molecule is O=C(O)Cc1ncsc1-c1ccncc1. The molecule has 76 valence electrons. The highest BCUT2D eigenvalue weighted by molar-refractivity contribution is 7.13. The predicted molar refractivity (Wildman–Crippen MR) is 56.7 cm³/mol. The van der Waals surface area contributed by atoms with E-state index in [0.29, 0.717) is 5.69 Å². The van der Waals surface area contributed by atoms with Gasteiger partial charge in [0, 0.05) is 12.4 Å². The highest BCUT2D eigenvalue weighted by atomic mass is 32.1. The average Bonchev–Trinajstić information content (AvgIpc) is 2.66. The first-order chi connectivity index (χ1) is 7.27. The third-order valence-electron chi connectivity index (χ3n) is 1.90. The zero-order chi connectivity index (χ0) is 10.7. The van der Waals surface area contributed by atoms with Crippen LogP contribution in [0.15, 0.2) is 30.0 Å². The number of rotatable bonds is 3. The van der Waals surface area contributed by atoms with Gasteiger partial charge in [-0.1, -0.05) is 0 Å². The van der Waals surface area contributed by atoms with Gasteiger partial charge in [0.15, 0.2) is 0 Å². The number of carboxylic acids is 1. The number of nitrogens with zero attached hydrogens (tertiary/aromatic N) is 2. The minimum atomic E-state index is -0.865. The first kappa shape index (κ1) is 9.79. The Balaban J connectivity index is 2.37. The summed E-state index contributed by atoms with van der Waals surface area (Å²) in [5.74, 6) is -0.865. The van der Waals surface area contributed by atoms with Gasteiger partial charge in [0.2, 0.25) is 0 Å². The van der Waals surface area contributed by atoms with E-state index in [4.69, 9.17) is 5.11 Å². The average molecular weight is 220 g/mol. The molecule has 15 heavy (non-hydrogen) atoms. The van der Waals surface area contributed by atoms with Gasteiger partial charge in [-0.3, -0.25) is 9.78 Å². The first-order valence-corrected chi connectivity index (χ1v) is 5.20. The zero-order valence-electron chi connectivity index (χ0n) is 7.75. The Labute approximate surface area is 90.3 Å². The van der Waals surface area contributed by atoms with Crippen molar-refractivity contribution in [2.75, 3.05) is 0 Å². The molecule has 4 nitrogen and oxygen atoms in total. The second-order valence-electron chi connectivity index (χ2n) is 2.93. The number of aliphatic carboxylic acids is 1. The molecule has 0 aliphatic heterocycles. The third-order valence-corrected chi connectivity index (χ3v) is 2.82. The molecule has 2 rings (SSSR count). The van der Waals surface area contributed by atoms with Crippen LogP contribution in [0.1, 0.15) is 5.69 Å². The fraction of sp³-hybridized carbons (Fsp3) is 0.100. The lowest BCUT2D eigenvalue weighted by molar-refractivity contribution is -0.136. The van der Waals surface area contributed by atoms with E-state index in [2.05, 4.69) is 9.97 Å². The summed E-state index contributed by atoms with van der Waals surface area (Å²) in [6, 6.07) is 3.69. The van der Waals surface area contributed by atoms with Crippen molar-refractivity contribution >= 4 is 17.3 Å². The van der Waals surface area contributed by atoms with Crippen LogP contribution >= 0.6 is 11.3 Å². The van der Waals surface area contributed by atoms with E-state index >= 15 is 0 Å². The van der Waals surface area contributed by atoms with Crippen LogP contribution in [0, 0.1) is 0 Å². The molecule has 0 bridgehead atoms. The second-order valence-corrected chi connectivity index (χ2v) is 3.79. The van der Waals surface area contributed by atoms with Gasteiger partial charge in [-0.25, -0.2) is 4.98 Å². The first-order valence-electron chi connectivity index (χ1n) is 4.32. The molecular weight excluding hydrogens is 212 g/mol. The monoisotopic (exact) mass is 220 g/mol. The molecule has 5 heteroatoms. The summed E-state index contributed by atoms with van der Waals surface area (Å²) in [4.78, 5) is 19.5. The quantitative estimate of drug-likeness (QED) is 0.857. The van der Waals surface area contributed by atoms with E-state index < -0.39 is 5.97 Å². The lowest BCUT2D eigenvalue weighted by Gasteiger charge is -1.98. The number of aromatic nitrogens is 2. The Kier molecular flexibility index (Phi) is 2.73. The van der Waals surface area contributed by atoms with E-state index in [9.17, 15) is 4.79 Å². The predicted octanol–water partition coefficient (Wildman–Crippen LogP) is 1.83. The maximum atomic E-state index is 10.6. The Bertz CT molecular complexity index is 467. The molecule has 2 aromatic heterocycles. The van der Waals surface area contributed by atoms with Crippen LogP contribution in [-0.2, 0) is 11.2 Å². The van der Waals surface area contributed by atoms with E-state index in [1.54, 1.807) is 17.9 Å². The molecule has 0 radical (unpaired) electrons. The van der Waals surface area contributed by atoms with Crippen molar-refractivity contribution in [1.29, 1.82) is 0 Å². The summed E-state index contributed by atoms with van der Waals surface area (Å²) < 4.78 is 0. The minimum Gasteiger partial charge on any atom is -0.481 e. The van der Waals surface area contributed by atoms with Crippen LogP contribution in [0.25, 0.3) is 10.4 Å². The Morgan fingerprint density at radius 1 is 1.40 bits per heavy atom. The summed E-state index contributed by atoms with van der Waals surface area (Å²) in [5, 5.41) is 8.71. The Hall–Kier alpha value is -1.75. The van der Waals surface area contributed by atoms with Crippen molar-refractivity contribution < 1.29 is 9.90 Å². The van der Waals surface area contributed by atoms with Gasteiger partial charge >= 0.3 is 5.97 Å². The van der Waals surface area contributed by atoms with Gasteiger partial charge in [0.25, 0.3) is 0 Å². The van der Waals surface area contributed by atoms with Crippen LogP contribution in [0.5, 0.6) is 0 Å². The maximum Gasteiger partial charge on any atom is 0.309 e. The highest BCUT2D eigenvalue weighted by Gasteiger charge is 2.11. The second kappa shape index (κ2) is 4.18. The van der Waals surface area contributed by atoms with Gasteiger partial charge in [0.1, 0.15) is 0 Å². The number of hydrogen-bond acceptors (Lipinski definition) is 4. The summed E-state index contributed by atoms with van der Waals surface area (Å²) in [6.45, 7) is 0. The fourth-order valence-corrected chi connectivity index (χ4v) is 2.09. The molecule has 1 N–H and O–H groups in total. The molecule has 0 amide bonds. The van der Waals surface area contributed by atoms with Gasteiger partial charge < -0.3 is 5.11 Å². The van der Waals surface area contributed by atoms with E-state index in [-0.39, 0.29) is 6.42 Å². The maximum absolute atomic E-state index is 10.6. The summed E-state index contributed by atoms with van der Waals surface area (Å²) in [5.41, 5.74) is 3.23. The molecular formula is C10H8N2O2S. The summed E-state index contributed by atoms with van der Waals surface area (Å²) in [7, 11) is 0. The minimum absolute atomic E-state index is 0.0405. The summed E-state index contributed by atoms with van der Waals surface area (Å²) >= 11 is 1.44.